The van der Waals surface area contributed by atoms with Crippen LogP contribution in [0.2, 0.25) is 0 Å². The molecule has 0 unspecified atom stereocenters. The van der Waals surface area contributed by atoms with Gasteiger partial charge in [-0.2, -0.15) is 0 Å². The Morgan fingerprint density at radius 1 is 1.15 bits per heavy atom. The molecule has 0 aliphatic rings. The monoisotopic (exact) mass is 276 g/mol. The van der Waals surface area contributed by atoms with E-state index in [4.69, 9.17) is 9.15 Å². The molecule has 0 aliphatic carbocycles. The molecule has 20 heavy (non-hydrogen) atoms. The van der Waals surface area contributed by atoms with Gasteiger partial charge in [0.05, 0.1) is 12.9 Å². The van der Waals surface area contributed by atoms with Gasteiger partial charge in [-0.3, -0.25) is 0 Å². The van der Waals surface area contributed by atoms with E-state index in [0.29, 0.717) is 6.61 Å². The predicted molar refractivity (Wildman–Crippen MR) is 79.4 cm³/mol. The van der Waals surface area contributed by atoms with Crippen LogP contribution in [0.25, 0.3) is 0 Å². The second kappa shape index (κ2) is 11.2. The summed E-state index contributed by atoms with van der Waals surface area (Å²) in [5.74, 6) is 6.14. The normalized spacial score (nSPS) is 9.85. The van der Waals surface area contributed by atoms with E-state index in [1.807, 2.05) is 0 Å². The van der Waals surface area contributed by atoms with E-state index < -0.39 is 0 Å². The Labute approximate surface area is 121 Å². The quantitative estimate of drug-likeness (QED) is 0.376. The Morgan fingerprint density at radius 2 is 1.90 bits per heavy atom. The lowest BCUT2D eigenvalue weighted by molar-refractivity contribution is 0.0461. The van der Waals surface area contributed by atoms with Gasteiger partial charge in [-0.05, 0) is 25.0 Å². The molecule has 0 aromatic carbocycles. The fourth-order valence-corrected chi connectivity index (χ4v) is 1.87. The topological polar surface area (TPSA) is 39.4 Å². The molecule has 0 bridgehead atoms. The van der Waals surface area contributed by atoms with Crippen molar-refractivity contribution in [3.63, 3.8) is 0 Å². The second-order valence-corrected chi connectivity index (χ2v) is 4.69. The van der Waals surface area contributed by atoms with E-state index in [1.165, 1.54) is 31.9 Å². The Kier molecular flexibility index (Phi) is 9.13. The third-order valence-corrected chi connectivity index (χ3v) is 2.95. The summed E-state index contributed by atoms with van der Waals surface area (Å²) >= 11 is 0. The third kappa shape index (κ3) is 7.68. The number of furan rings is 1. The van der Waals surface area contributed by atoms with Crippen LogP contribution in [0.4, 0.5) is 0 Å². The van der Waals surface area contributed by atoms with E-state index in [0.717, 1.165) is 25.7 Å². The molecule has 0 saturated heterocycles. The summed E-state index contributed by atoms with van der Waals surface area (Å²) in [7, 11) is 0. The molecule has 0 fully saturated rings. The van der Waals surface area contributed by atoms with E-state index in [9.17, 15) is 4.79 Å². The number of carbonyl (C=O) groups is 1. The highest BCUT2D eigenvalue weighted by Crippen LogP contribution is 2.08. The highest BCUT2D eigenvalue weighted by molar-refractivity contribution is 5.86. The molecule has 0 radical (unpaired) electrons. The molecule has 3 nitrogen and oxygen atoms in total. The minimum atomic E-state index is -0.371. The molecule has 1 aromatic heterocycles. The number of ether oxygens (including phenoxy) is 1. The molecular weight excluding hydrogens is 252 g/mol. The smallest absolute Gasteiger partial charge is 0.374 e. The van der Waals surface area contributed by atoms with Crippen molar-refractivity contribution in [2.24, 2.45) is 0 Å². The average molecular weight is 276 g/mol. The standard InChI is InChI=1S/C17H24O3/c1-2-3-4-5-6-7-8-9-10-11-14-20-17(18)16-13-12-15-19-16/h12-13,15H,2,5-11,14H2,1H3. The Bertz CT molecular complexity index is 409. The lowest BCUT2D eigenvalue weighted by atomic mass is 10.1. The van der Waals surface area contributed by atoms with Gasteiger partial charge in [0, 0.05) is 12.8 Å². The van der Waals surface area contributed by atoms with Crippen molar-refractivity contribution in [3.05, 3.63) is 24.2 Å². The number of esters is 1. The SMILES string of the molecule is CCC#CCCCCCCCCOC(=O)c1ccco1. The summed E-state index contributed by atoms with van der Waals surface area (Å²) in [6, 6.07) is 3.30. The Balaban J connectivity index is 1.86. The largest absolute Gasteiger partial charge is 0.460 e. The minimum Gasteiger partial charge on any atom is -0.460 e. The number of hydrogen-bond acceptors (Lipinski definition) is 3. The zero-order chi connectivity index (χ0) is 14.5. The van der Waals surface area contributed by atoms with Gasteiger partial charge < -0.3 is 9.15 Å². The number of unbranched alkanes of at least 4 members (excludes halogenated alkanes) is 6. The van der Waals surface area contributed by atoms with Gasteiger partial charge in [-0.25, -0.2) is 4.79 Å². The zero-order valence-corrected chi connectivity index (χ0v) is 12.3. The fraction of sp³-hybridized carbons (Fsp3) is 0.588. The summed E-state index contributed by atoms with van der Waals surface area (Å²) in [5.41, 5.74) is 0. The van der Waals surface area contributed by atoms with Crippen LogP contribution >= 0.6 is 0 Å². The zero-order valence-electron chi connectivity index (χ0n) is 12.3. The summed E-state index contributed by atoms with van der Waals surface area (Å²) in [4.78, 5) is 11.4. The van der Waals surface area contributed by atoms with E-state index in [2.05, 4.69) is 18.8 Å². The highest BCUT2D eigenvalue weighted by Gasteiger charge is 2.08. The Morgan fingerprint density at radius 3 is 2.60 bits per heavy atom. The molecule has 1 aromatic rings. The van der Waals surface area contributed by atoms with Crippen LogP contribution < -0.4 is 0 Å². The van der Waals surface area contributed by atoms with E-state index in [-0.39, 0.29) is 11.7 Å². The molecule has 0 atom stereocenters. The summed E-state index contributed by atoms with van der Waals surface area (Å²) in [6.07, 6.45) is 10.3. The molecule has 0 spiro atoms. The van der Waals surface area contributed by atoms with Gasteiger partial charge in [0.1, 0.15) is 0 Å². The first kappa shape index (κ1) is 16.4. The average Bonchev–Trinajstić information content (AvgIpc) is 2.99. The molecule has 0 N–H and O–H groups in total. The summed E-state index contributed by atoms with van der Waals surface area (Å²) < 4.78 is 10.1. The van der Waals surface area contributed by atoms with Crippen molar-refractivity contribution in [2.45, 2.75) is 58.3 Å². The molecule has 110 valence electrons. The molecular formula is C17H24O3. The van der Waals surface area contributed by atoms with Crippen LogP contribution in [0.5, 0.6) is 0 Å². The lowest BCUT2D eigenvalue weighted by Gasteiger charge is -2.03. The van der Waals surface area contributed by atoms with Gasteiger partial charge in [0.25, 0.3) is 0 Å². The van der Waals surface area contributed by atoms with Crippen molar-refractivity contribution in [2.75, 3.05) is 6.61 Å². The predicted octanol–water partition coefficient (Wildman–Crippen LogP) is 4.58. The van der Waals surface area contributed by atoms with E-state index >= 15 is 0 Å². The summed E-state index contributed by atoms with van der Waals surface area (Å²) in [6.45, 7) is 2.55. The van der Waals surface area contributed by atoms with Crippen molar-refractivity contribution in [1.82, 2.24) is 0 Å². The number of carbonyl (C=O) groups excluding carboxylic acids is 1. The number of rotatable bonds is 9. The van der Waals surface area contributed by atoms with Crippen LogP contribution in [-0.4, -0.2) is 12.6 Å². The second-order valence-electron chi connectivity index (χ2n) is 4.69. The van der Waals surface area contributed by atoms with Gasteiger partial charge in [0.15, 0.2) is 0 Å². The minimum absolute atomic E-state index is 0.276. The molecule has 3 heteroatoms. The molecule has 1 heterocycles. The van der Waals surface area contributed by atoms with Gasteiger partial charge in [0.2, 0.25) is 5.76 Å². The summed E-state index contributed by atoms with van der Waals surface area (Å²) in [5, 5.41) is 0. The van der Waals surface area contributed by atoms with Crippen LogP contribution in [0, 0.1) is 11.8 Å². The molecule has 0 aliphatic heterocycles. The van der Waals surface area contributed by atoms with Crippen molar-refractivity contribution in [3.8, 4) is 11.8 Å². The maximum Gasteiger partial charge on any atom is 0.374 e. The molecule has 0 saturated carbocycles. The van der Waals surface area contributed by atoms with Crippen molar-refractivity contribution < 1.29 is 13.9 Å². The van der Waals surface area contributed by atoms with E-state index in [1.54, 1.807) is 12.1 Å². The first-order valence-electron chi connectivity index (χ1n) is 7.51. The highest BCUT2D eigenvalue weighted by atomic mass is 16.5. The Hall–Kier alpha value is -1.69. The first-order chi connectivity index (χ1) is 9.84. The van der Waals surface area contributed by atoms with Crippen molar-refractivity contribution in [1.29, 1.82) is 0 Å². The molecule has 0 amide bonds. The third-order valence-electron chi connectivity index (χ3n) is 2.95. The fourth-order valence-electron chi connectivity index (χ4n) is 1.87. The van der Waals surface area contributed by atoms with Crippen LogP contribution in [-0.2, 0) is 4.74 Å². The van der Waals surface area contributed by atoms with Crippen molar-refractivity contribution >= 4 is 5.97 Å². The maximum absolute atomic E-state index is 11.4. The van der Waals surface area contributed by atoms with Gasteiger partial charge in [-0.1, -0.05) is 32.6 Å². The molecule has 1 rings (SSSR count). The van der Waals surface area contributed by atoms with Gasteiger partial charge >= 0.3 is 5.97 Å². The number of hydrogen-bond donors (Lipinski definition) is 0. The maximum atomic E-state index is 11.4. The first-order valence-corrected chi connectivity index (χ1v) is 7.51. The van der Waals surface area contributed by atoms with Crippen LogP contribution in [0.3, 0.4) is 0 Å². The van der Waals surface area contributed by atoms with Crippen LogP contribution in [0.1, 0.15) is 68.8 Å². The van der Waals surface area contributed by atoms with Crippen LogP contribution in [0.15, 0.2) is 22.8 Å². The lowest BCUT2D eigenvalue weighted by Crippen LogP contribution is -2.05. The van der Waals surface area contributed by atoms with Gasteiger partial charge in [-0.15, -0.1) is 11.8 Å².